The number of carbonyl (C=O) groups excluding carboxylic acids is 1. The van der Waals surface area contributed by atoms with Crippen LogP contribution in [0, 0.1) is 13.8 Å². The van der Waals surface area contributed by atoms with Gasteiger partial charge in [0.15, 0.2) is 11.5 Å². The molecule has 2 aromatic carbocycles. The fourth-order valence-corrected chi connectivity index (χ4v) is 4.19. The average Bonchev–Trinajstić information content (AvgIpc) is 3.52. The van der Waals surface area contributed by atoms with Crippen molar-refractivity contribution in [3.8, 4) is 22.8 Å². The van der Waals surface area contributed by atoms with E-state index in [1.165, 1.54) is 18.2 Å². The third-order valence-electron chi connectivity index (χ3n) is 6.21. The van der Waals surface area contributed by atoms with Gasteiger partial charge >= 0.3 is 12.3 Å². The maximum Gasteiger partial charge on any atom is 0.586 e. The van der Waals surface area contributed by atoms with Crippen LogP contribution in [0.3, 0.4) is 0 Å². The molecule has 2 heterocycles. The van der Waals surface area contributed by atoms with Crippen LogP contribution in [0.5, 0.6) is 11.5 Å². The molecule has 2 aliphatic rings. The Morgan fingerprint density at radius 1 is 1.00 bits per heavy atom. The topological polar surface area (TPSA) is 97.8 Å². The molecule has 0 unspecified atom stereocenters. The van der Waals surface area contributed by atoms with E-state index in [4.69, 9.17) is 0 Å². The number of rotatable bonds is 5. The van der Waals surface area contributed by atoms with Crippen LogP contribution < -0.4 is 14.8 Å². The number of fused-ring (bicyclic) bond motifs is 1. The highest BCUT2D eigenvalue weighted by atomic mass is 19.3. The molecule has 1 aromatic heterocycles. The molecule has 0 bridgehead atoms. The molecule has 1 amide bonds. The first-order valence-corrected chi connectivity index (χ1v) is 10.6. The van der Waals surface area contributed by atoms with Crippen molar-refractivity contribution in [2.24, 2.45) is 0 Å². The van der Waals surface area contributed by atoms with Gasteiger partial charge in [-0.25, -0.2) is 9.78 Å². The Morgan fingerprint density at radius 2 is 1.74 bits per heavy atom. The number of benzene rings is 2. The zero-order valence-corrected chi connectivity index (χ0v) is 18.3. The molecule has 0 spiro atoms. The highest BCUT2D eigenvalue weighted by Crippen LogP contribution is 2.52. The number of hydrogen-bond donors (Lipinski definition) is 2. The Balaban J connectivity index is 0.00000289. The van der Waals surface area contributed by atoms with E-state index in [0.29, 0.717) is 29.9 Å². The number of nitrogens with zero attached hydrogens (tertiary/aromatic N) is 1. The number of halogens is 2. The van der Waals surface area contributed by atoms with E-state index in [9.17, 15) is 23.5 Å². The Kier molecular flexibility index (Phi) is 4.82. The van der Waals surface area contributed by atoms with Crippen molar-refractivity contribution in [1.29, 1.82) is 0 Å². The lowest BCUT2D eigenvalue weighted by atomic mass is 9.94. The number of aryl methyl sites for hydroxylation is 2. The van der Waals surface area contributed by atoms with Crippen molar-refractivity contribution in [3.63, 3.8) is 0 Å². The summed E-state index contributed by atoms with van der Waals surface area (Å²) < 4.78 is 35.7. The van der Waals surface area contributed by atoms with Gasteiger partial charge in [0.1, 0.15) is 5.82 Å². The zero-order valence-electron chi connectivity index (χ0n) is 18.3. The van der Waals surface area contributed by atoms with E-state index in [-0.39, 0.29) is 24.4 Å². The molecule has 2 N–H and O–H groups in total. The lowest BCUT2D eigenvalue weighted by molar-refractivity contribution is -0.286. The van der Waals surface area contributed by atoms with Gasteiger partial charge in [0, 0.05) is 6.99 Å². The van der Waals surface area contributed by atoms with E-state index in [1.807, 2.05) is 13.0 Å². The molecule has 1 aliphatic carbocycles. The number of nitrogens with one attached hydrogen (secondary N) is 1. The number of ether oxygens (including phenoxy) is 2. The molecule has 9 heteroatoms. The van der Waals surface area contributed by atoms with Gasteiger partial charge in [-0.15, -0.1) is 8.78 Å². The standard InChI is InChI=1S/C25H20F2N2O5.H2/c1-13-3-8-20(28-21(13)17-6-4-15(22(30)31)11-14(17)2)29-23(32)24(9-10-24)16-5-7-18-19(12-16)34-25(26,27)33-18;/h3-8,11-12H,9-10H2,1-2H3,(H,30,31)(H,28,29,32);1H. The molecule has 5 rings (SSSR count). The minimum absolute atomic E-state index is 0. The molecular formula is C25H22F2N2O5. The number of carboxylic acids is 1. The lowest BCUT2D eigenvalue weighted by Crippen LogP contribution is -2.28. The third-order valence-corrected chi connectivity index (χ3v) is 6.21. The number of carboxylic acid groups (broad SMARTS) is 1. The van der Waals surface area contributed by atoms with Crippen LogP contribution in [0.1, 0.15) is 41.3 Å². The molecule has 176 valence electrons. The first kappa shape index (κ1) is 21.8. The second-order valence-corrected chi connectivity index (χ2v) is 8.56. The average molecular weight is 468 g/mol. The minimum atomic E-state index is -3.72. The number of anilines is 1. The van der Waals surface area contributed by atoms with Gasteiger partial charge in [0.25, 0.3) is 0 Å². The maximum absolute atomic E-state index is 13.4. The summed E-state index contributed by atoms with van der Waals surface area (Å²) in [5.41, 5.74) is 2.89. The SMILES string of the molecule is Cc1cc(C(=O)O)ccc1-c1nc(NC(=O)C2(c3ccc4c(c3)OC(F)(F)O4)CC2)ccc1C.[HH]. The summed E-state index contributed by atoms with van der Waals surface area (Å²) in [5, 5.41) is 12.1. The first-order chi connectivity index (χ1) is 16.1. The van der Waals surface area contributed by atoms with E-state index in [1.54, 1.807) is 31.2 Å². The summed E-state index contributed by atoms with van der Waals surface area (Å²) in [6.45, 7) is 3.68. The van der Waals surface area contributed by atoms with Crippen LogP contribution in [0.15, 0.2) is 48.5 Å². The highest BCUT2D eigenvalue weighted by molar-refractivity contribution is 6.01. The molecule has 3 aromatic rings. The summed E-state index contributed by atoms with van der Waals surface area (Å²) in [4.78, 5) is 29.1. The Hall–Kier alpha value is -4.01. The number of hydrogen-bond acceptors (Lipinski definition) is 5. The largest absolute Gasteiger partial charge is 0.586 e. The van der Waals surface area contributed by atoms with Crippen molar-refractivity contribution in [2.75, 3.05) is 5.32 Å². The van der Waals surface area contributed by atoms with Gasteiger partial charge in [-0.1, -0.05) is 18.2 Å². The number of carbonyl (C=O) groups is 2. The zero-order chi connectivity index (χ0) is 24.3. The monoisotopic (exact) mass is 468 g/mol. The molecule has 7 nitrogen and oxygen atoms in total. The lowest BCUT2D eigenvalue weighted by Gasteiger charge is -2.17. The van der Waals surface area contributed by atoms with Gasteiger partial charge in [0.05, 0.1) is 16.7 Å². The number of amides is 1. The van der Waals surface area contributed by atoms with Crippen LogP contribution in [-0.4, -0.2) is 28.3 Å². The Labute approximate surface area is 194 Å². The van der Waals surface area contributed by atoms with Gasteiger partial charge < -0.3 is 19.9 Å². The molecule has 0 atom stereocenters. The molecule has 34 heavy (non-hydrogen) atoms. The second-order valence-electron chi connectivity index (χ2n) is 8.56. The van der Waals surface area contributed by atoms with Crippen LogP contribution in [0.4, 0.5) is 14.6 Å². The number of aromatic carboxylic acids is 1. The van der Waals surface area contributed by atoms with E-state index >= 15 is 0 Å². The summed E-state index contributed by atoms with van der Waals surface area (Å²) >= 11 is 0. The first-order valence-electron chi connectivity index (χ1n) is 10.6. The molecule has 0 radical (unpaired) electrons. The minimum Gasteiger partial charge on any atom is -0.478 e. The smallest absolute Gasteiger partial charge is 0.478 e. The fourth-order valence-electron chi connectivity index (χ4n) is 4.19. The third kappa shape index (κ3) is 3.72. The van der Waals surface area contributed by atoms with Crippen LogP contribution >= 0.6 is 0 Å². The van der Waals surface area contributed by atoms with Gasteiger partial charge in [-0.2, -0.15) is 0 Å². The number of aromatic nitrogens is 1. The normalized spacial score (nSPS) is 16.7. The number of alkyl halides is 2. The summed E-state index contributed by atoms with van der Waals surface area (Å²) in [7, 11) is 0. The maximum atomic E-state index is 13.4. The summed E-state index contributed by atoms with van der Waals surface area (Å²) in [6, 6.07) is 12.7. The van der Waals surface area contributed by atoms with Crippen molar-refractivity contribution >= 4 is 17.7 Å². The number of pyridine rings is 1. The highest BCUT2D eigenvalue weighted by Gasteiger charge is 2.53. The van der Waals surface area contributed by atoms with Crippen molar-refractivity contribution in [3.05, 3.63) is 70.8 Å². The molecule has 1 saturated carbocycles. The summed E-state index contributed by atoms with van der Waals surface area (Å²) in [6.07, 6.45) is -2.60. The second kappa shape index (κ2) is 7.51. The fraction of sp³-hybridized carbons (Fsp3) is 0.240. The van der Waals surface area contributed by atoms with E-state index < -0.39 is 17.7 Å². The van der Waals surface area contributed by atoms with Crippen LogP contribution in [0.25, 0.3) is 11.3 Å². The molecule has 0 saturated heterocycles. The van der Waals surface area contributed by atoms with E-state index in [0.717, 1.165) is 16.7 Å². The Morgan fingerprint density at radius 3 is 2.41 bits per heavy atom. The summed E-state index contributed by atoms with van der Waals surface area (Å²) in [5.74, 6) is -1.14. The predicted octanol–water partition coefficient (Wildman–Crippen LogP) is 5.30. The molecule has 1 fully saturated rings. The van der Waals surface area contributed by atoms with Gasteiger partial charge in [-0.05, 0) is 73.7 Å². The van der Waals surface area contributed by atoms with Crippen molar-refractivity contribution < 1.29 is 34.4 Å². The molecular weight excluding hydrogens is 446 g/mol. The van der Waals surface area contributed by atoms with Crippen molar-refractivity contribution in [1.82, 2.24) is 4.98 Å². The van der Waals surface area contributed by atoms with Gasteiger partial charge in [0.2, 0.25) is 5.91 Å². The van der Waals surface area contributed by atoms with Crippen LogP contribution in [0.2, 0.25) is 0 Å². The van der Waals surface area contributed by atoms with Crippen molar-refractivity contribution in [2.45, 2.75) is 38.4 Å². The van der Waals surface area contributed by atoms with Gasteiger partial charge in [-0.3, -0.25) is 4.79 Å². The molecule has 1 aliphatic heterocycles. The Bertz CT molecular complexity index is 1360. The predicted molar refractivity (Wildman–Crippen MR) is 120 cm³/mol. The van der Waals surface area contributed by atoms with E-state index in [2.05, 4.69) is 19.8 Å². The van der Waals surface area contributed by atoms with Crippen LogP contribution in [-0.2, 0) is 10.2 Å². The quantitative estimate of drug-likeness (QED) is 0.527.